The molecule has 0 unspecified atom stereocenters. The normalized spacial score (nSPS) is 9.18. The van der Waals surface area contributed by atoms with Gasteiger partial charge in [-0.2, -0.15) is 5.10 Å². The molecule has 1 amide bonds. The fraction of sp³-hybridized carbons (Fsp3) is 0. The number of halogens is 1. The van der Waals surface area contributed by atoms with Crippen LogP contribution in [0.2, 0.25) is 5.02 Å². The van der Waals surface area contributed by atoms with Gasteiger partial charge in [-0.25, -0.2) is 4.79 Å². The van der Waals surface area contributed by atoms with Crippen LogP contribution in [0.4, 0.5) is 4.79 Å². The van der Waals surface area contributed by atoms with E-state index < -0.39 is 6.09 Å². The molecule has 1 rings (SSSR count). The van der Waals surface area contributed by atoms with Crippen LogP contribution in [0.15, 0.2) is 12.3 Å². The topological polar surface area (TPSA) is 78.1 Å². The molecule has 0 fully saturated rings. The predicted octanol–water partition coefficient (Wildman–Crippen LogP) is 0.588. The van der Waals surface area contributed by atoms with Crippen LogP contribution in [0.1, 0.15) is 0 Å². The summed E-state index contributed by atoms with van der Waals surface area (Å²) in [4.78, 5) is 10.2. The van der Waals surface area contributed by atoms with E-state index in [-0.39, 0.29) is 5.88 Å². The number of hydrogen-bond donors (Lipinski definition) is 1. The van der Waals surface area contributed by atoms with Crippen LogP contribution in [0, 0.1) is 0 Å². The number of rotatable bonds is 1. The maximum atomic E-state index is 10.2. The molecular weight excluding hydrogens is 170 g/mol. The molecule has 0 spiro atoms. The van der Waals surface area contributed by atoms with Crippen LogP contribution >= 0.6 is 11.6 Å². The van der Waals surface area contributed by atoms with Crippen LogP contribution in [-0.2, 0) is 0 Å². The van der Waals surface area contributed by atoms with Crippen LogP contribution in [0.3, 0.4) is 0 Å². The summed E-state index contributed by atoms with van der Waals surface area (Å²) in [7, 11) is 0. The van der Waals surface area contributed by atoms with Crippen molar-refractivity contribution in [3.05, 3.63) is 17.3 Å². The van der Waals surface area contributed by atoms with Gasteiger partial charge in [0, 0.05) is 6.07 Å². The summed E-state index contributed by atoms with van der Waals surface area (Å²) in [5, 5.41) is 7.17. The molecule has 1 aromatic heterocycles. The van der Waals surface area contributed by atoms with Gasteiger partial charge in [0.25, 0.3) is 0 Å². The van der Waals surface area contributed by atoms with E-state index in [1.54, 1.807) is 0 Å². The van der Waals surface area contributed by atoms with Gasteiger partial charge in [0.1, 0.15) is 0 Å². The van der Waals surface area contributed by atoms with Crippen molar-refractivity contribution in [1.29, 1.82) is 0 Å². The first-order chi connectivity index (χ1) is 5.18. The second-order valence-electron chi connectivity index (χ2n) is 1.63. The minimum absolute atomic E-state index is 0.00926. The molecule has 2 N–H and O–H groups in total. The number of aromatic nitrogens is 2. The molecule has 0 atom stereocenters. The summed E-state index contributed by atoms with van der Waals surface area (Å²) in [5.74, 6) is -0.00926. The van der Waals surface area contributed by atoms with Crippen molar-refractivity contribution in [1.82, 2.24) is 10.2 Å². The number of nitrogens with two attached hydrogens (primary N) is 1. The van der Waals surface area contributed by atoms with Crippen molar-refractivity contribution in [2.45, 2.75) is 0 Å². The van der Waals surface area contributed by atoms with Crippen molar-refractivity contribution < 1.29 is 9.53 Å². The highest BCUT2D eigenvalue weighted by Crippen LogP contribution is 2.11. The van der Waals surface area contributed by atoms with Gasteiger partial charge in [-0.05, 0) is 0 Å². The standard InChI is InChI=1S/C5H4ClN3O2/c6-3-1-4(9-8-2-3)11-5(7)10/h1-2H,(H2,7,10). The Kier molecular flexibility index (Phi) is 2.22. The van der Waals surface area contributed by atoms with E-state index >= 15 is 0 Å². The van der Waals surface area contributed by atoms with Gasteiger partial charge >= 0.3 is 6.09 Å². The van der Waals surface area contributed by atoms with E-state index in [9.17, 15) is 4.79 Å². The second-order valence-corrected chi connectivity index (χ2v) is 2.07. The molecule has 5 nitrogen and oxygen atoms in total. The summed E-state index contributed by atoms with van der Waals surface area (Å²) in [5.41, 5.74) is 4.70. The Labute approximate surface area is 67.1 Å². The molecule has 58 valence electrons. The van der Waals surface area contributed by atoms with E-state index in [1.807, 2.05) is 0 Å². The monoisotopic (exact) mass is 173 g/mol. The molecule has 0 saturated heterocycles. The molecule has 0 radical (unpaired) electrons. The van der Waals surface area contributed by atoms with Gasteiger partial charge in [-0.3, -0.25) is 0 Å². The van der Waals surface area contributed by atoms with Crippen LogP contribution in [0.5, 0.6) is 5.88 Å². The first-order valence-electron chi connectivity index (χ1n) is 2.64. The number of hydrogen-bond acceptors (Lipinski definition) is 4. The molecule has 0 bridgehead atoms. The Bertz CT molecular complexity index is 278. The van der Waals surface area contributed by atoms with E-state index in [2.05, 4.69) is 14.9 Å². The van der Waals surface area contributed by atoms with Crippen molar-refractivity contribution >= 4 is 17.7 Å². The molecule has 6 heteroatoms. The van der Waals surface area contributed by atoms with E-state index in [0.717, 1.165) is 0 Å². The minimum Gasteiger partial charge on any atom is -0.390 e. The van der Waals surface area contributed by atoms with Crippen molar-refractivity contribution in [2.24, 2.45) is 5.73 Å². The van der Waals surface area contributed by atoms with Gasteiger partial charge in [0.05, 0.1) is 11.2 Å². The first-order valence-corrected chi connectivity index (χ1v) is 3.02. The van der Waals surface area contributed by atoms with Gasteiger partial charge < -0.3 is 10.5 Å². The number of ether oxygens (including phenoxy) is 1. The maximum absolute atomic E-state index is 10.2. The quantitative estimate of drug-likeness (QED) is 0.674. The summed E-state index contributed by atoms with van der Waals surface area (Å²) < 4.78 is 4.38. The number of carbonyl (C=O) groups is 1. The van der Waals surface area contributed by atoms with Crippen molar-refractivity contribution in [3.8, 4) is 5.88 Å². The van der Waals surface area contributed by atoms with Crippen molar-refractivity contribution in [2.75, 3.05) is 0 Å². The smallest absolute Gasteiger partial charge is 0.390 e. The third-order valence-corrected chi connectivity index (χ3v) is 1.01. The number of primary amides is 1. The summed E-state index contributed by atoms with van der Waals surface area (Å²) in [6.45, 7) is 0. The second kappa shape index (κ2) is 3.16. The van der Waals surface area contributed by atoms with Crippen molar-refractivity contribution in [3.63, 3.8) is 0 Å². The Morgan fingerprint density at radius 2 is 2.45 bits per heavy atom. The molecule has 1 heterocycles. The summed E-state index contributed by atoms with van der Waals surface area (Å²) >= 11 is 5.49. The molecule has 0 aliphatic rings. The van der Waals surface area contributed by atoms with Gasteiger partial charge in [-0.15, -0.1) is 5.10 Å². The van der Waals surface area contributed by atoms with Gasteiger partial charge in [0.15, 0.2) is 0 Å². The molecule has 1 aromatic rings. The maximum Gasteiger partial charge on any atom is 0.411 e. The average molecular weight is 174 g/mol. The molecule has 0 aliphatic carbocycles. The number of nitrogens with zero attached hydrogens (tertiary/aromatic N) is 2. The lowest BCUT2D eigenvalue weighted by molar-refractivity contribution is 0.208. The molecular formula is C5H4ClN3O2. The fourth-order valence-electron chi connectivity index (χ4n) is 0.478. The van der Waals surface area contributed by atoms with E-state index in [0.29, 0.717) is 5.02 Å². The first kappa shape index (κ1) is 7.74. The highest BCUT2D eigenvalue weighted by molar-refractivity contribution is 6.30. The van der Waals surface area contributed by atoms with Crippen LogP contribution in [0.25, 0.3) is 0 Å². The Morgan fingerprint density at radius 3 is 3.00 bits per heavy atom. The van der Waals surface area contributed by atoms with Gasteiger partial charge in [-0.1, -0.05) is 11.6 Å². The molecule has 0 aliphatic heterocycles. The third kappa shape index (κ3) is 2.38. The van der Waals surface area contributed by atoms with Gasteiger partial charge in [0.2, 0.25) is 5.88 Å². The fourth-order valence-corrected chi connectivity index (χ4v) is 0.615. The molecule has 0 aromatic carbocycles. The Morgan fingerprint density at radius 1 is 1.73 bits per heavy atom. The summed E-state index contributed by atoms with van der Waals surface area (Å²) in [6, 6.07) is 1.33. The zero-order valence-corrected chi connectivity index (χ0v) is 6.08. The highest BCUT2D eigenvalue weighted by atomic mass is 35.5. The molecule has 11 heavy (non-hydrogen) atoms. The predicted molar refractivity (Wildman–Crippen MR) is 37.3 cm³/mol. The highest BCUT2D eigenvalue weighted by Gasteiger charge is 2.00. The number of amides is 1. The van der Waals surface area contributed by atoms with E-state index in [4.69, 9.17) is 17.3 Å². The third-order valence-electron chi connectivity index (χ3n) is 0.804. The number of carbonyl (C=O) groups excluding carboxylic acids is 1. The van der Waals surface area contributed by atoms with Crippen LogP contribution in [-0.4, -0.2) is 16.3 Å². The lowest BCUT2D eigenvalue weighted by atomic mass is 10.6. The Hall–Kier alpha value is -1.36. The zero-order valence-electron chi connectivity index (χ0n) is 5.32. The largest absolute Gasteiger partial charge is 0.411 e. The summed E-state index contributed by atoms with van der Waals surface area (Å²) in [6.07, 6.45) is 0.372. The average Bonchev–Trinajstić information content (AvgIpc) is 1.85. The van der Waals surface area contributed by atoms with E-state index in [1.165, 1.54) is 12.3 Å². The lowest BCUT2D eigenvalue weighted by Crippen LogP contribution is -2.17. The minimum atomic E-state index is -0.943. The SMILES string of the molecule is NC(=O)Oc1cc(Cl)cnn1. The van der Waals surface area contributed by atoms with Crippen LogP contribution < -0.4 is 10.5 Å². The molecule has 0 saturated carbocycles. The zero-order chi connectivity index (χ0) is 8.27. The Balaban J connectivity index is 2.79. The lowest BCUT2D eigenvalue weighted by Gasteiger charge is -1.96.